The van der Waals surface area contributed by atoms with Gasteiger partial charge in [-0.3, -0.25) is 9.69 Å². The van der Waals surface area contributed by atoms with Crippen molar-refractivity contribution >= 4 is 32.6 Å². The monoisotopic (exact) mass is 416 g/mol. The van der Waals surface area contributed by atoms with Gasteiger partial charge in [0.1, 0.15) is 11.3 Å². The van der Waals surface area contributed by atoms with Crippen LogP contribution < -0.4 is 9.64 Å². The highest BCUT2D eigenvalue weighted by Gasteiger charge is 2.23. The second-order valence-corrected chi connectivity index (χ2v) is 8.49. The molecule has 0 spiro atoms. The number of methoxy groups -OCH3 is 1. The van der Waals surface area contributed by atoms with Gasteiger partial charge in [-0.2, -0.15) is 0 Å². The van der Waals surface area contributed by atoms with E-state index in [-0.39, 0.29) is 5.91 Å². The summed E-state index contributed by atoms with van der Waals surface area (Å²) < 4.78 is 6.55. The van der Waals surface area contributed by atoms with E-state index in [1.807, 2.05) is 68.4 Å². The predicted octanol–water partition coefficient (Wildman–Crippen LogP) is 6.08. The molecule has 0 aliphatic carbocycles. The van der Waals surface area contributed by atoms with Gasteiger partial charge in [-0.1, -0.05) is 64.9 Å². The molecule has 0 saturated carbocycles. The Kier molecular flexibility index (Phi) is 5.55. The molecule has 1 aromatic heterocycles. The van der Waals surface area contributed by atoms with Gasteiger partial charge in [-0.05, 0) is 50.1 Å². The fourth-order valence-electron chi connectivity index (χ4n) is 3.62. The minimum atomic E-state index is -0.0543. The average molecular weight is 417 g/mol. The summed E-state index contributed by atoms with van der Waals surface area (Å²) in [6.45, 7) is 6.53. The second-order valence-electron chi connectivity index (χ2n) is 7.51. The van der Waals surface area contributed by atoms with Crippen molar-refractivity contribution in [1.82, 2.24) is 4.98 Å². The van der Waals surface area contributed by atoms with Crippen molar-refractivity contribution in [3.63, 3.8) is 0 Å². The highest BCUT2D eigenvalue weighted by atomic mass is 32.1. The molecule has 152 valence electrons. The van der Waals surface area contributed by atoms with Gasteiger partial charge in [0.25, 0.3) is 5.91 Å². The summed E-state index contributed by atoms with van der Waals surface area (Å²) in [7, 11) is 1.64. The Hall–Kier alpha value is -3.18. The lowest BCUT2D eigenvalue weighted by Gasteiger charge is -2.20. The maximum Gasteiger partial charge on any atom is 0.260 e. The van der Waals surface area contributed by atoms with Crippen molar-refractivity contribution in [3.8, 4) is 5.75 Å². The highest BCUT2D eigenvalue weighted by molar-refractivity contribution is 7.22. The van der Waals surface area contributed by atoms with E-state index < -0.39 is 0 Å². The second kappa shape index (κ2) is 8.28. The molecule has 0 saturated heterocycles. The number of anilines is 1. The third-order valence-electron chi connectivity index (χ3n) is 5.04. The number of hydrogen-bond donors (Lipinski definition) is 0. The van der Waals surface area contributed by atoms with Crippen LogP contribution in [0.25, 0.3) is 10.2 Å². The number of hydrogen-bond acceptors (Lipinski definition) is 4. The fraction of sp³-hybridized carbons (Fsp3) is 0.200. The molecule has 4 rings (SSSR count). The topological polar surface area (TPSA) is 42.4 Å². The molecule has 0 bridgehead atoms. The number of rotatable bonds is 5. The standard InChI is InChI=1S/C25H24N2O2S/c1-16-12-17(2)14-20(13-16)24(28)27(15-19-8-6-5-7-9-19)25-26-22-21(29-4)11-10-18(3)23(22)30-25/h5-14H,15H2,1-4H3. The molecule has 0 unspecified atom stereocenters. The minimum Gasteiger partial charge on any atom is -0.494 e. The number of thiazole rings is 1. The molecule has 0 N–H and O–H groups in total. The summed E-state index contributed by atoms with van der Waals surface area (Å²) in [5, 5.41) is 0.672. The smallest absolute Gasteiger partial charge is 0.260 e. The molecule has 5 heteroatoms. The van der Waals surface area contributed by atoms with Crippen LogP contribution in [0.1, 0.15) is 32.6 Å². The quantitative estimate of drug-likeness (QED) is 0.396. The lowest BCUT2D eigenvalue weighted by molar-refractivity contribution is 0.0985. The molecule has 0 aliphatic heterocycles. The Balaban J connectivity index is 1.84. The van der Waals surface area contributed by atoms with Gasteiger partial charge in [0.15, 0.2) is 5.13 Å². The molecular formula is C25H24N2O2S. The lowest BCUT2D eigenvalue weighted by Crippen LogP contribution is -2.30. The van der Waals surface area contributed by atoms with Crippen molar-refractivity contribution in [2.75, 3.05) is 12.0 Å². The van der Waals surface area contributed by atoms with Crippen molar-refractivity contribution in [1.29, 1.82) is 0 Å². The number of aryl methyl sites for hydroxylation is 3. The summed E-state index contributed by atoms with van der Waals surface area (Å²) in [4.78, 5) is 20.2. The number of carbonyl (C=O) groups is 1. The van der Waals surface area contributed by atoms with Gasteiger partial charge in [-0.15, -0.1) is 0 Å². The number of benzene rings is 3. The first-order chi connectivity index (χ1) is 14.5. The molecule has 1 heterocycles. The Morgan fingerprint density at radius 2 is 1.70 bits per heavy atom. The third-order valence-corrected chi connectivity index (χ3v) is 6.25. The van der Waals surface area contributed by atoms with Crippen LogP contribution in [0.5, 0.6) is 5.75 Å². The zero-order valence-corrected chi connectivity index (χ0v) is 18.4. The van der Waals surface area contributed by atoms with E-state index in [4.69, 9.17) is 9.72 Å². The summed E-state index contributed by atoms with van der Waals surface area (Å²) >= 11 is 1.53. The van der Waals surface area contributed by atoms with Crippen molar-refractivity contribution < 1.29 is 9.53 Å². The van der Waals surface area contributed by atoms with Crippen LogP contribution in [0.4, 0.5) is 5.13 Å². The van der Waals surface area contributed by atoms with Gasteiger partial charge >= 0.3 is 0 Å². The van der Waals surface area contributed by atoms with Crippen molar-refractivity contribution in [2.45, 2.75) is 27.3 Å². The Labute approximate surface area is 180 Å². The molecule has 1 amide bonds. The van der Waals surface area contributed by atoms with Crippen LogP contribution in [0.2, 0.25) is 0 Å². The minimum absolute atomic E-state index is 0.0543. The Bertz CT molecular complexity index is 1190. The van der Waals surface area contributed by atoms with E-state index in [1.54, 1.807) is 12.0 Å². The molecule has 4 nitrogen and oxygen atoms in total. The van der Waals surface area contributed by atoms with E-state index in [9.17, 15) is 4.79 Å². The zero-order chi connectivity index (χ0) is 21.3. The van der Waals surface area contributed by atoms with Crippen LogP contribution in [0.15, 0.2) is 60.7 Å². The SMILES string of the molecule is COc1ccc(C)c2sc(N(Cc3ccccc3)C(=O)c3cc(C)cc(C)c3)nc12. The van der Waals surface area contributed by atoms with Gasteiger partial charge < -0.3 is 4.74 Å². The van der Waals surface area contributed by atoms with Gasteiger partial charge in [0.2, 0.25) is 0 Å². The first-order valence-electron chi connectivity index (χ1n) is 9.84. The summed E-state index contributed by atoms with van der Waals surface area (Å²) in [6, 6.07) is 19.9. The van der Waals surface area contributed by atoms with E-state index in [0.717, 1.165) is 38.2 Å². The summed E-state index contributed by atoms with van der Waals surface area (Å²) in [6.07, 6.45) is 0. The summed E-state index contributed by atoms with van der Waals surface area (Å²) in [5.41, 5.74) is 5.78. The molecular weight excluding hydrogens is 392 g/mol. The predicted molar refractivity (Wildman–Crippen MR) is 124 cm³/mol. The number of nitrogens with zero attached hydrogens (tertiary/aromatic N) is 2. The van der Waals surface area contributed by atoms with E-state index in [2.05, 4.69) is 13.0 Å². The van der Waals surface area contributed by atoms with E-state index >= 15 is 0 Å². The number of ether oxygens (including phenoxy) is 1. The van der Waals surface area contributed by atoms with Crippen LogP contribution in [-0.2, 0) is 6.54 Å². The zero-order valence-electron chi connectivity index (χ0n) is 17.6. The van der Waals surface area contributed by atoms with Crippen LogP contribution in [-0.4, -0.2) is 18.0 Å². The fourth-order valence-corrected chi connectivity index (χ4v) is 4.67. The largest absolute Gasteiger partial charge is 0.494 e. The molecule has 3 aromatic carbocycles. The molecule has 30 heavy (non-hydrogen) atoms. The third kappa shape index (κ3) is 3.94. The molecule has 0 aliphatic rings. The first kappa shape index (κ1) is 20.1. The van der Waals surface area contributed by atoms with Crippen LogP contribution in [0.3, 0.4) is 0 Å². The van der Waals surface area contributed by atoms with Gasteiger partial charge in [-0.25, -0.2) is 4.98 Å². The molecule has 0 fully saturated rings. The van der Waals surface area contributed by atoms with Crippen LogP contribution in [0, 0.1) is 20.8 Å². The molecule has 4 aromatic rings. The molecule has 0 radical (unpaired) electrons. The highest BCUT2D eigenvalue weighted by Crippen LogP contribution is 2.37. The Morgan fingerprint density at radius 3 is 2.37 bits per heavy atom. The summed E-state index contributed by atoms with van der Waals surface area (Å²) in [5.74, 6) is 0.665. The molecule has 0 atom stereocenters. The normalized spacial score (nSPS) is 10.9. The van der Waals surface area contributed by atoms with Crippen molar-refractivity contribution in [3.05, 3.63) is 88.5 Å². The van der Waals surface area contributed by atoms with Crippen molar-refractivity contribution in [2.24, 2.45) is 0 Å². The number of aromatic nitrogens is 1. The average Bonchev–Trinajstić information content (AvgIpc) is 3.18. The van der Waals surface area contributed by atoms with Crippen LogP contribution >= 0.6 is 11.3 Å². The van der Waals surface area contributed by atoms with Gasteiger partial charge in [0, 0.05) is 5.56 Å². The Morgan fingerprint density at radius 1 is 1.00 bits per heavy atom. The number of amides is 1. The number of carbonyl (C=O) groups excluding carboxylic acids is 1. The van der Waals surface area contributed by atoms with E-state index in [1.165, 1.54) is 11.3 Å². The maximum atomic E-state index is 13.6. The number of fused-ring (bicyclic) bond motifs is 1. The van der Waals surface area contributed by atoms with E-state index in [0.29, 0.717) is 17.2 Å². The lowest BCUT2D eigenvalue weighted by atomic mass is 10.1. The van der Waals surface area contributed by atoms with Gasteiger partial charge in [0.05, 0.1) is 18.4 Å². The maximum absolute atomic E-state index is 13.6. The first-order valence-corrected chi connectivity index (χ1v) is 10.7.